The topological polar surface area (TPSA) is 59.5 Å². The van der Waals surface area contributed by atoms with Gasteiger partial charge >= 0.3 is 0 Å². The van der Waals surface area contributed by atoms with Crippen LogP contribution >= 0.6 is 0 Å². The fourth-order valence-electron chi connectivity index (χ4n) is 2.21. The molecule has 0 bridgehead atoms. The predicted octanol–water partition coefficient (Wildman–Crippen LogP) is 1.14. The highest BCUT2D eigenvalue weighted by molar-refractivity contribution is 5.65. The highest BCUT2D eigenvalue weighted by Crippen LogP contribution is 2.33. The first-order valence-electron chi connectivity index (χ1n) is 6.22. The van der Waals surface area contributed by atoms with E-state index >= 15 is 0 Å². The lowest BCUT2D eigenvalue weighted by molar-refractivity contribution is 0.0922. The van der Waals surface area contributed by atoms with E-state index in [2.05, 4.69) is 27.1 Å². The van der Waals surface area contributed by atoms with Crippen LogP contribution in [-0.2, 0) is 4.74 Å². The summed E-state index contributed by atoms with van der Waals surface area (Å²) in [7, 11) is 3.47. The Kier molecular flexibility index (Phi) is 4.19. The normalized spacial score (nSPS) is 19.7. The summed E-state index contributed by atoms with van der Waals surface area (Å²) in [5.41, 5.74) is 0. The van der Waals surface area contributed by atoms with Crippen LogP contribution in [0.1, 0.15) is 13.3 Å². The van der Waals surface area contributed by atoms with Gasteiger partial charge in [-0.05, 0) is 6.42 Å². The molecule has 1 aliphatic heterocycles. The van der Waals surface area contributed by atoms with E-state index in [0.717, 1.165) is 32.0 Å². The Morgan fingerprint density at radius 2 is 2.39 bits per heavy atom. The molecule has 0 spiro atoms. The molecule has 1 saturated heterocycles. The number of nitrogens with one attached hydrogen (secondary N) is 1. The molecule has 0 aromatic carbocycles. The maximum atomic E-state index is 5.51. The summed E-state index contributed by atoms with van der Waals surface area (Å²) in [6, 6.07) is 0.340. The van der Waals surface area contributed by atoms with E-state index in [1.165, 1.54) is 0 Å². The maximum Gasteiger partial charge on any atom is 0.204 e. The van der Waals surface area contributed by atoms with E-state index in [1.807, 2.05) is 7.05 Å². The van der Waals surface area contributed by atoms with Crippen molar-refractivity contribution in [1.82, 2.24) is 9.97 Å². The third-order valence-corrected chi connectivity index (χ3v) is 3.20. The lowest BCUT2D eigenvalue weighted by atomic mass is 10.1. The molecule has 0 radical (unpaired) electrons. The largest absolute Gasteiger partial charge is 0.490 e. The average Bonchev–Trinajstić information content (AvgIpc) is 2.46. The molecule has 1 unspecified atom stereocenters. The summed E-state index contributed by atoms with van der Waals surface area (Å²) >= 11 is 0. The van der Waals surface area contributed by atoms with Crippen molar-refractivity contribution in [3.63, 3.8) is 0 Å². The van der Waals surface area contributed by atoms with Crippen molar-refractivity contribution in [3.05, 3.63) is 6.33 Å². The molecule has 1 N–H and O–H groups in total. The number of rotatable bonds is 4. The Labute approximate surface area is 107 Å². The number of aromatic nitrogens is 2. The second kappa shape index (κ2) is 5.86. The summed E-state index contributed by atoms with van der Waals surface area (Å²) in [6.45, 7) is 4.44. The molecule has 1 aliphatic rings. The van der Waals surface area contributed by atoms with Crippen molar-refractivity contribution < 1.29 is 9.47 Å². The third-order valence-electron chi connectivity index (χ3n) is 3.20. The van der Waals surface area contributed by atoms with E-state index in [4.69, 9.17) is 9.47 Å². The van der Waals surface area contributed by atoms with Gasteiger partial charge in [-0.2, -0.15) is 0 Å². The van der Waals surface area contributed by atoms with Gasteiger partial charge in [0.05, 0.1) is 26.4 Å². The molecular formula is C12H20N4O2. The monoisotopic (exact) mass is 252 g/mol. The second-order valence-electron chi connectivity index (χ2n) is 4.16. The van der Waals surface area contributed by atoms with Gasteiger partial charge in [-0.15, -0.1) is 0 Å². The van der Waals surface area contributed by atoms with Crippen molar-refractivity contribution in [3.8, 4) is 5.75 Å². The van der Waals surface area contributed by atoms with Crippen LogP contribution in [0.4, 0.5) is 11.6 Å². The van der Waals surface area contributed by atoms with Crippen molar-refractivity contribution in [1.29, 1.82) is 0 Å². The summed E-state index contributed by atoms with van der Waals surface area (Å²) in [6.07, 6.45) is 2.58. The van der Waals surface area contributed by atoms with Crippen LogP contribution in [0.15, 0.2) is 6.33 Å². The Bertz CT molecular complexity index is 400. The van der Waals surface area contributed by atoms with Gasteiger partial charge in [0.25, 0.3) is 0 Å². The number of morpholine rings is 1. The Morgan fingerprint density at radius 1 is 1.56 bits per heavy atom. The Morgan fingerprint density at radius 3 is 3.06 bits per heavy atom. The van der Waals surface area contributed by atoms with Crippen LogP contribution in [0.3, 0.4) is 0 Å². The molecule has 1 atom stereocenters. The summed E-state index contributed by atoms with van der Waals surface area (Å²) in [4.78, 5) is 10.8. The molecule has 0 aliphatic carbocycles. The summed E-state index contributed by atoms with van der Waals surface area (Å²) < 4.78 is 11.0. The summed E-state index contributed by atoms with van der Waals surface area (Å²) in [5, 5.41) is 3.02. The van der Waals surface area contributed by atoms with Gasteiger partial charge in [0.15, 0.2) is 11.6 Å². The van der Waals surface area contributed by atoms with Crippen LogP contribution in [-0.4, -0.2) is 49.9 Å². The zero-order valence-electron chi connectivity index (χ0n) is 11.1. The number of methoxy groups -OCH3 is 1. The van der Waals surface area contributed by atoms with Crippen molar-refractivity contribution in [2.75, 3.05) is 44.1 Å². The lowest BCUT2D eigenvalue weighted by Gasteiger charge is -2.36. The minimum Gasteiger partial charge on any atom is -0.490 e. The molecule has 2 heterocycles. The van der Waals surface area contributed by atoms with Crippen LogP contribution in [0.25, 0.3) is 0 Å². The van der Waals surface area contributed by atoms with Crippen LogP contribution in [0, 0.1) is 0 Å². The predicted molar refractivity (Wildman–Crippen MR) is 70.4 cm³/mol. The van der Waals surface area contributed by atoms with E-state index < -0.39 is 0 Å². The maximum absolute atomic E-state index is 5.51. The van der Waals surface area contributed by atoms with Gasteiger partial charge in [-0.25, -0.2) is 9.97 Å². The van der Waals surface area contributed by atoms with Gasteiger partial charge in [0.2, 0.25) is 5.75 Å². The summed E-state index contributed by atoms with van der Waals surface area (Å²) in [5.74, 6) is 2.25. The molecule has 6 heteroatoms. The van der Waals surface area contributed by atoms with E-state index in [1.54, 1.807) is 13.4 Å². The smallest absolute Gasteiger partial charge is 0.204 e. The first-order chi connectivity index (χ1) is 8.81. The lowest BCUT2D eigenvalue weighted by Crippen LogP contribution is -2.45. The van der Waals surface area contributed by atoms with Crippen molar-refractivity contribution in [2.45, 2.75) is 19.4 Å². The van der Waals surface area contributed by atoms with Gasteiger partial charge in [-0.1, -0.05) is 6.92 Å². The minimum absolute atomic E-state index is 0.340. The van der Waals surface area contributed by atoms with E-state index in [9.17, 15) is 0 Å². The molecule has 18 heavy (non-hydrogen) atoms. The van der Waals surface area contributed by atoms with E-state index in [-0.39, 0.29) is 0 Å². The number of hydrogen-bond acceptors (Lipinski definition) is 6. The molecule has 0 amide bonds. The van der Waals surface area contributed by atoms with Gasteiger partial charge in [0, 0.05) is 13.6 Å². The second-order valence-corrected chi connectivity index (χ2v) is 4.16. The average molecular weight is 252 g/mol. The molecule has 2 rings (SSSR count). The molecule has 1 aromatic rings. The number of nitrogens with zero attached hydrogens (tertiary/aromatic N) is 3. The molecule has 0 saturated carbocycles. The molecule has 1 aromatic heterocycles. The van der Waals surface area contributed by atoms with Crippen molar-refractivity contribution in [2.24, 2.45) is 0 Å². The minimum atomic E-state index is 0.340. The van der Waals surface area contributed by atoms with Crippen LogP contribution < -0.4 is 15.0 Å². The highest BCUT2D eigenvalue weighted by Gasteiger charge is 2.26. The van der Waals surface area contributed by atoms with Gasteiger partial charge in [-0.3, -0.25) is 0 Å². The Hall–Kier alpha value is -1.56. The van der Waals surface area contributed by atoms with Gasteiger partial charge in [0.1, 0.15) is 6.33 Å². The molecule has 1 fully saturated rings. The quantitative estimate of drug-likeness (QED) is 0.867. The Balaban J connectivity index is 2.36. The zero-order chi connectivity index (χ0) is 13.0. The number of hydrogen-bond donors (Lipinski definition) is 1. The van der Waals surface area contributed by atoms with Crippen molar-refractivity contribution >= 4 is 11.6 Å². The fourth-order valence-corrected chi connectivity index (χ4v) is 2.21. The third kappa shape index (κ3) is 2.33. The molecule has 100 valence electrons. The SMILES string of the molecule is CCC1COCCN1c1ncnc(NC)c1OC. The van der Waals surface area contributed by atoms with Gasteiger partial charge < -0.3 is 19.7 Å². The molecular weight excluding hydrogens is 232 g/mol. The van der Waals surface area contributed by atoms with Crippen LogP contribution in [0.2, 0.25) is 0 Å². The van der Waals surface area contributed by atoms with E-state index in [0.29, 0.717) is 17.6 Å². The first-order valence-corrected chi connectivity index (χ1v) is 6.22. The standard InChI is InChI=1S/C12H20N4O2/c1-4-9-7-18-6-5-16(9)12-10(17-3)11(13-2)14-8-15-12/h8-9H,4-7H2,1-3H3,(H,13,14,15). The zero-order valence-corrected chi connectivity index (χ0v) is 11.1. The molecule has 6 nitrogen and oxygen atoms in total. The number of anilines is 2. The van der Waals surface area contributed by atoms with Crippen LogP contribution in [0.5, 0.6) is 5.75 Å². The first kappa shape index (κ1) is 12.9. The number of ether oxygens (including phenoxy) is 2. The fraction of sp³-hybridized carbons (Fsp3) is 0.667. The highest BCUT2D eigenvalue weighted by atomic mass is 16.5.